The molecule has 8 heteroatoms. The summed E-state index contributed by atoms with van der Waals surface area (Å²) >= 11 is 0. The molecule has 2 aromatic rings. The van der Waals surface area contributed by atoms with Gasteiger partial charge in [0.25, 0.3) is 5.91 Å². The molecule has 2 fully saturated rings. The fourth-order valence-electron chi connectivity index (χ4n) is 5.24. The Balaban J connectivity index is 1.24. The average molecular weight is 463 g/mol. The molecule has 0 bridgehead atoms. The van der Waals surface area contributed by atoms with Gasteiger partial charge < -0.3 is 19.9 Å². The first kappa shape index (κ1) is 22.3. The molecule has 1 atom stereocenters. The summed E-state index contributed by atoms with van der Waals surface area (Å²) in [6.07, 6.45) is 3.16. The van der Waals surface area contributed by atoms with Crippen molar-refractivity contribution in [3.63, 3.8) is 0 Å². The quantitative estimate of drug-likeness (QED) is 0.690. The van der Waals surface area contributed by atoms with Crippen molar-refractivity contribution in [1.82, 2.24) is 15.1 Å². The number of para-hydroxylation sites is 2. The summed E-state index contributed by atoms with van der Waals surface area (Å²) in [6, 6.07) is 13.3. The lowest BCUT2D eigenvalue weighted by Crippen LogP contribution is -2.52. The molecule has 1 aliphatic carbocycles. The number of carbonyl (C=O) groups excluding carboxylic acids is 3. The first-order chi connectivity index (χ1) is 16.4. The van der Waals surface area contributed by atoms with Gasteiger partial charge in [0.05, 0.1) is 12.8 Å². The molecule has 0 aromatic heterocycles. The molecule has 178 valence electrons. The number of rotatable bonds is 5. The summed E-state index contributed by atoms with van der Waals surface area (Å²) in [4.78, 5) is 44.0. The van der Waals surface area contributed by atoms with Gasteiger partial charge in [-0.15, -0.1) is 0 Å². The Morgan fingerprint density at radius 2 is 1.76 bits per heavy atom. The zero-order chi connectivity index (χ0) is 23.9. The van der Waals surface area contributed by atoms with Crippen LogP contribution in [-0.2, 0) is 28.0 Å². The van der Waals surface area contributed by atoms with Gasteiger partial charge in [-0.1, -0.05) is 30.3 Å². The molecule has 2 heterocycles. The maximum absolute atomic E-state index is 13.3. The van der Waals surface area contributed by atoms with Crippen LogP contribution in [0.3, 0.4) is 0 Å². The molecule has 34 heavy (non-hydrogen) atoms. The van der Waals surface area contributed by atoms with Crippen LogP contribution >= 0.6 is 0 Å². The number of fused-ring (bicyclic) bond motifs is 1. The molecular weight excluding hydrogens is 432 g/mol. The third-order valence-corrected chi connectivity index (χ3v) is 7.30. The van der Waals surface area contributed by atoms with Crippen LogP contribution in [0.4, 0.5) is 10.5 Å². The number of methoxy groups -OCH3 is 1. The second-order valence-corrected chi connectivity index (χ2v) is 9.32. The maximum Gasteiger partial charge on any atom is 0.325 e. The topological polar surface area (TPSA) is 82.2 Å². The van der Waals surface area contributed by atoms with Gasteiger partial charge in [0.2, 0.25) is 5.91 Å². The molecular formula is C26H30N4O4. The smallest absolute Gasteiger partial charge is 0.325 e. The Morgan fingerprint density at radius 1 is 1.03 bits per heavy atom. The number of hydrogen-bond donors (Lipinski definition) is 1. The predicted molar refractivity (Wildman–Crippen MR) is 128 cm³/mol. The zero-order valence-corrected chi connectivity index (χ0v) is 19.7. The highest BCUT2D eigenvalue weighted by Crippen LogP contribution is 2.33. The number of anilines is 1. The number of piperazine rings is 1. The largest absolute Gasteiger partial charge is 0.495 e. The molecule has 2 saturated heterocycles. The zero-order valence-electron chi connectivity index (χ0n) is 19.7. The molecule has 5 rings (SSSR count). The number of imide groups is 1. The second-order valence-electron chi connectivity index (χ2n) is 9.32. The van der Waals surface area contributed by atoms with Crippen molar-refractivity contribution in [1.29, 1.82) is 0 Å². The highest BCUT2D eigenvalue weighted by Gasteiger charge is 2.50. The van der Waals surface area contributed by atoms with Gasteiger partial charge in [0, 0.05) is 26.2 Å². The van der Waals surface area contributed by atoms with Gasteiger partial charge >= 0.3 is 6.03 Å². The monoisotopic (exact) mass is 462 g/mol. The molecule has 0 spiro atoms. The standard InChI is InChI=1S/C26H30N4O4/c1-26(20-11-10-18-6-5-7-19(18)16-20)24(32)30(25(33)27-26)17-23(31)29-14-12-28(13-15-29)21-8-3-4-9-22(21)34-2/h3-4,8-11,16H,5-7,12-15,17H2,1-2H3,(H,27,33)/t26-/m0/s1. The summed E-state index contributed by atoms with van der Waals surface area (Å²) in [7, 11) is 1.65. The number of amides is 4. The molecule has 2 aromatic carbocycles. The van der Waals surface area contributed by atoms with Crippen molar-refractivity contribution in [3.05, 3.63) is 59.2 Å². The van der Waals surface area contributed by atoms with E-state index in [0.29, 0.717) is 26.2 Å². The lowest BCUT2D eigenvalue weighted by molar-refractivity contribution is -0.139. The summed E-state index contributed by atoms with van der Waals surface area (Å²) in [5, 5.41) is 2.83. The van der Waals surface area contributed by atoms with Crippen LogP contribution in [0.2, 0.25) is 0 Å². The number of nitrogens with one attached hydrogen (secondary N) is 1. The van der Waals surface area contributed by atoms with Crippen LogP contribution in [0.25, 0.3) is 0 Å². The highest BCUT2D eigenvalue weighted by atomic mass is 16.5. The van der Waals surface area contributed by atoms with E-state index in [1.54, 1.807) is 18.9 Å². The first-order valence-corrected chi connectivity index (χ1v) is 11.8. The number of benzene rings is 2. The molecule has 0 unspecified atom stereocenters. The van der Waals surface area contributed by atoms with E-state index in [1.165, 1.54) is 11.1 Å². The van der Waals surface area contributed by atoms with Crippen LogP contribution in [0.1, 0.15) is 30.0 Å². The van der Waals surface area contributed by atoms with Gasteiger partial charge in [-0.2, -0.15) is 0 Å². The maximum atomic E-state index is 13.3. The van der Waals surface area contributed by atoms with Crippen molar-refractivity contribution in [2.24, 2.45) is 0 Å². The van der Waals surface area contributed by atoms with Crippen molar-refractivity contribution >= 4 is 23.5 Å². The normalized spacial score (nSPS) is 22.1. The van der Waals surface area contributed by atoms with E-state index < -0.39 is 11.6 Å². The molecule has 8 nitrogen and oxygen atoms in total. The van der Waals surface area contributed by atoms with E-state index in [2.05, 4.69) is 16.3 Å². The van der Waals surface area contributed by atoms with E-state index >= 15 is 0 Å². The molecule has 1 N–H and O–H groups in total. The van der Waals surface area contributed by atoms with Crippen molar-refractivity contribution in [2.45, 2.75) is 31.7 Å². The number of nitrogens with zero attached hydrogens (tertiary/aromatic N) is 3. The van der Waals surface area contributed by atoms with Crippen molar-refractivity contribution in [2.75, 3.05) is 44.7 Å². The van der Waals surface area contributed by atoms with Gasteiger partial charge in [-0.25, -0.2) is 4.79 Å². The number of aryl methyl sites for hydroxylation is 2. The Bertz CT molecular complexity index is 1140. The minimum absolute atomic E-state index is 0.221. The van der Waals surface area contributed by atoms with E-state index in [1.807, 2.05) is 36.4 Å². The number of ether oxygens (including phenoxy) is 1. The van der Waals surface area contributed by atoms with Crippen LogP contribution in [0.15, 0.2) is 42.5 Å². The minimum atomic E-state index is -1.16. The van der Waals surface area contributed by atoms with E-state index in [-0.39, 0.29) is 18.4 Å². The number of hydrogen-bond acceptors (Lipinski definition) is 5. The summed E-state index contributed by atoms with van der Waals surface area (Å²) in [5.41, 5.74) is 3.16. The van der Waals surface area contributed by atoms with Crippen LogP contribution in [0.5, 0.6) is 5.75 Å². The number of carbonyl (C=O) groups is 3. The first-order valence-electron chi connectivity index (χ1n) is 11.8. The summed E-state index contributed by atoms with van der Waals surface area (Å²) in [5.74, 6) is 0.199. The summed E-state index contributed by atoms with van der Waals surface area (Å²) < 4.78 is 5.45. The molecule has 3 aliphatic rings. The summed E-state index contributed by atoms with van der Waals surface area (Å²) in [6.45, 7) is 3.81. The highest BCUT2D eigenvalue weighted by molar-refractivity contribution is 6.09. The lowest BCUT2D eigenvalue weighted by Gasteiger charge is -2.37. The molecule has 4 amide bonds. The van der Waals surface area contributed by atoms with Gasteiger partial charge in [0.1, 0.15) is 17.8 Å². The van der Waals surface area contributed by atoms with Gasteiger partial charge in [0.15, 0.2) is 0 Å². The van der Waals surface area contributed by atoms with E-state index in [4.69, 9.17) is 4.74 Å². The van der Waals surface area contributed by atoms with Gasteiger partial charge in [-0.3, -0.25) is 14.5 Å². The average Bonchev–Trinajstić information content (AvgIpc) is 3.42. The van der Waals surface area contributed by atoms with Gasteiger partial charge in [-0.05, 0) is 55.0 Å². The molecule has 0 radical (unpaired) electrons. The lowest BCUT2D eigenvalue weighted by atomic mass is 9.89. The van der Waals surface area contributed by atoms with E-state index in [9.17, 15) is 14.4 Å². The Hall–Kier alpha value is -3.55. The third-order valence-electron chi connectivity index (χ3n) is 7.30. The second kappa shape index (κ2) is 8.66. The number of urea groups is 1. The van der Waals surface area contributed by atoms with Crippen LogP contribution < -0.4 is 15.0 Å². The van der Waals surface area contributed by atoms with Crippen LogP contribution in [0, 0.1) is 0 Å². The fraction of sp³-hybridized carbons (Fsp3) is 0.423. The SMILES string of the molecule is COc1ccccc1N1CCN(C(=O)CN2C(=O)N[C@@](C)(c3ccc4c(c3)CCC4)C2=O)CC1. The third kappa shape index (κ3) is 3.77. The van der Waals surface area contributed by atoms with E-state index in [0.717, 1.165) is 41.2 Å². The minimum Gasteiger partial charge on any atom is -0.495 e. The predicted octanol–water partition coefficient (Wildman–Crippen LogP) is 2.30. The molecule has 2 aliphatic heterocycles. The Kier molecular flexibility index (Phi) is 5.67. The molecule has 0 saturated carbocycles. The van der Waals surface area contributed by atoms with Crippen molar-refractivity contribution < 1.29 is 19.1 Å². The van der Waals surface area contributed by atoms with Crippen LogP contribution in [-0.4, -0.2) is 67.5 Å². The fourth-order valence-corrected chi connectivity index (χ4v) is 5.24. The Labute approximate surface area is 199 Å². The van der Waals surface area contributed by atoms with Crippen molar-refractivity contribution in [3.8, 4) is 5.75 Å². The Morgan fingerprint density at radius 3 is 2.53 bits per heavy atom.